The van der Waals surface area contributed by atoms with Gasteiger partial charge in [0.15, 0.2) is 16.6 Å². The predicted octanol–water partition coefficient (Wildman–Crippen LogP) is 1.57. The monoisotopic (exact) mass is 275 g/mol. The molecule has 0 saturated heterocycles. The number of carbonyl (C=O) groups excluding carboxylic acids is 2. The molecule has 0 radical (unpaired) electrons. The highest BCUT2D eigenvalue weighted by Crippen LogP contribution is 2.27. The zero-order valence-electron chi connectivity index (χ0n) is 9.70. The number of anilines is 1. The Labute approximate surface area is 109 Å². The van der Waals surface area contributed by atoms with Crippen molar-refractivity contribution in [2.75, 3.05) is 24.5 Å². The van der Waals surface area contributed by atoms with Crippen LogP contribution in [0, 0.1) is 0 Å². The minimum absolute atomic E-state index is 0.0756. The van der Waals surface area contributed by atoms with E-state index in [4.69, 9.17) is 11.6 Å². The lowest BCUT2D eigenvalue weighted by molar-refractivity contribution is -0.119. The largest absolute Gasteiger partial charge is 0.355 e. The van der Waals surface area contributed by atoms with Gasteiger partial charge in [-0.2, -0.15) is 0 Å². The van der Waals surface area contributed by atoms with Gasteiger partial charge in [0.2, 0.25) is 5.91 Å². The number of hydrogen-bond donors (Lipinski definition) is 1. The second kappa shape index (κ2) is 6.56. The molecule has 0 aromatic carbocycles. The van der Waals surface area contributed by atoms with Gasteiger partial charge in [-0.15, -0.1) is 0 Å². The molecule has 5 nitrogen and oxygen atoms in total. The second-order valence-corrected chi connectivity index (χ2v) is 4.60. The van der Waals surface area contributed by atoms with Crippen molar-refractivity contribution in [3.63, 3.8) is 0 Å². The first-order valence-electron chi connectivity index (χ1n) is 5.25. The van der Waals surface area contributed by atoms with Crippen LogP contribution in [-0.4, -0.2) is 36.8 Å². The molecular formula is C10H14ClN3O2S. The number of aldehydes is 1. The van der Waals surface area contributed by atoms with Crippen LogP contribution in [0.1, 0.15) is 23.5 Å². The molecule has 1 aromatic rings. The number of rotatable bonds is 6. The minimum atomic E-state index is -0.0756. The summed E-state index contributed by atoms with van der Waals surface area (Å²) in [6, 6.07) is 0. The van der Waals surface area contributed by atoms with Crippen molar-refractivity contribution in [1.82, 2.24) is 10.3 Å². The quantitative estimate of drug-likeness (QED) is 0.801. The molecule has 0 spiro atoms. The maximum Gasteiger partial charge on any atom is 0.239 e. The molecule has 1 N–H and O–H groups in total. The smallest absolute Gasteiger partial charge is 0.239 e. The summed E-state index contributed by atoms with van der Waals surface area (Å²) in [5.74, 6) is -0.0756. The van der Waals surface area contributed by atoms with Gasteiger partial charge in [-0.05, 0) is 13.8 Å². The van der Waals surface area contributed by atoms with Gasteiger partial charge in [-0.3, -0.25) is 9.59 Å². The third kappa shape index (κ3) is 3.67. The number of carbonyl (C=O) groups is 2. The van der Waals surface area contributed by atoms with E-state index in [1.54, 1.807) is 4.90 Å². The summed E-state index contributed by atoms with van der Waals surface area (Å²) in [5, 5.41) is 3.49. The van der Waals surface area contributed by atoms with Gasteiger partial charge in [0.25, 0.3) is 0 Å². The molecule has 17 heavy (non-hydrogen) atoms. The lowest BCUT2D eigenvalue weighted by Crippen LogP contribution is -2.37. The van der Waals surface area contributed by atoms with Gasteiger partial charge in [0, 0.05) is 13.1 Å². The molecule has 0 unspecified atom stereocenters. The Hall–Kier alpha value is -1.14. The van der Waals surface area contributed by atoms with Crippen LogP contribution in [0.5, 0.6) is 0 Å². The predicted molar refractivity (Wildman–Crippen MR) is 69.1 cm³/mol. The van der Waals surface area contributed by atoms with E-state index in [9.17, 15) is 9.59 Å². The van der Waals surface area contributed by atoms with E-state index in [0.29, 0.717) is 29.4 Å². The van der Waals surface area contributed by atoms with Gasteiger partial charge < -0.3 is 10.2 Å². The highest BCUT2D eigenvalue weighted by molar-refractivity contribution is 7.17. The molecule has 1 rings (SSSR count). The van der Waals surface area contributed by atoms with E-state index in [2.05, 4.69) is 10.3 Å². The van der Waals surface area contributed by atoms with E-state index >= 15 is 0 Å². The summed E-state index contributed by atoms with van der Waals surface area (Å²) >= 11 is 6.97. The standard InChI is InChI=1S/C10H14ClN3O2S/c1-3-12-8(16)5-14(4-2)10-13-9(11)7(6-15)17-10/h6H,3-5H2,1-2H3,(H,12,16). The Morgan fingerprint density at radius 1 is 1.59 bits per heavy atom. The molecule has 1 aromatic heterocycles. The molecule has 0 bridgehead atoms. The molecule has 0 atom stereocenters. The number of halogens is 1. The van der Waals surface area contributed by atoms with Crippen LogP contribution in [0.25, 0.3) is 0 Å². The molecule has 94 valence electrons. The third-order valence-electron chi connectivity index (χ3n) is 2.07. The van der Waals surface area contributed by atoms with Crippen molar-refractivity contribution >= 4 is 40.3 Å². The molecule has 0 aliphatic carbocycles. The maximum absolute atomic E-state index is 11.5. The first-order valence-corrected chi connectivity index (χ1v) is 6.44. The first-order chi connectivity index (χ1) is 8.12. The number of amides is 1. The van der Waals surface area contributed by atoms with Crippen LogP contribution in [0.15, 0.2) is 0 Å². The number of hydrogen-bond acceptors (Lipinski definition) is 5. The Morgan fingerprint density at radius 2 is 2.29 bits per heavy atom. The molecule has 0 fully saturated rings. The van der Waals surface area contributed by atoms with Crippen molar-refractivity contribution < 1.29 is 9.59 Å². The molecule has 0 aliphatic heterocycles. The van der Waals surface area contributed by atoms with E-state index in [0.717, 1.165) is 0 Å². The van der Waals surface area contributed by atoms with Crippen LogP contribution < -0.4 is 10.2 Å². The zero-order valence-corrected chi connectivity index (χ0v) is 11.3. The summed E-state index contributed by atoms with van der Waals surface area (Å²) in [6.07, 6.45) is 0.670. The Kier molecular flexibility index (Phi) is 5.37. The topological polar surface area (TPSA) is 62.3 Å². The molecule has 0 aliphatic rings. The average Bonchev–Trinajstić information content (AvgIpc) is 2.67. The van der Waals surface area contributed by atoms with Gasteiger partial charge in [0.05, 0.1) is 6.54 Å². The van der Waals surface area contributed by atoms with Crippen LogP contribution in [-0.2, 0) is 4.79 Å². The zero-order chi connectivity index (χ0) is 12.8. The number of aromatic nitrogens is 1. The summed E-state index contributed by atoms with van der Waals surface area (Å²) in [6.45, 7) is 5.20. The summed E-state index contributed by atoms with van der Waals surface area (Å²) in [7, 11) is 0. The fraction of sp³-hybridized carbons (Fsp3) is 0.500. The summed E-state index contributed by atoms with van der Waals surface area (Å²) in [4.78, 5) is 28.4. The van der Waals surface area contributed by atoms with Gasteiger partial charge in [-0.25, -0.2) is 4.98 Å². The molecule has 0 saturated carbocycles. The SMILES string of the molecule is CCNC(=O)CN(CC)c1nc(Cl)c(C=O)s1. The number of thiazole rings is 1. The average molecular weight is 276 g/mol. The normalized spacial score (nSPS) is 10.1. The van der Waals surface area contributed by atoms with Crippen molar-refractivity contribution in [1.29, 1.82) is 0 Å². The highest BCUT2D eigenvalue weighted by atomic mass is 35.5. The first kappa shape index (κ1) is 13.9. The Balaban J connectivity index is 2.78. The van der Waals surface area contributed by atoms with Gasteiger partial charge in [0.1, 0.15) is 4.88 Å². The summed E-state index contributed by atoms with van der Waals surface area (Å²) in [5.41, 5.74) is 0. The Bertz CT molecular complexity index is 408. The van der Waals surface area contributed by atoms with Gasteiger partial charge in [-0.1, -0.05) is 22.9 Å². The van der Waals surface area contributed by atoms with Gasteiger partial charge >= 0.3 is 0 Å². The number of likely N-dealkylation sites (N-methyl/N-ethyl adjacent to an activating group) is 2. The van der Waals surface area contributed by atoms with Crippen LogP contribution in [0.3, 0.4) is 0 Å². The highest BCUT2D eigenvalue weighted by Gasteiger charge is 2.16. The van der Waals surface area contributed by atoms with Crippen LogP contribution >= 0.6 is 22.9 Å². The Morgan fingerprint density at radius 3 is 2.76 bits per heavy atom. The number of nitrogens with zero attached hydrogens (tertiary/aromatic N) is 2. The van der Waals surface area contributed by atoms with E-state index in [1.165, 1.54) is 11.3 Å². The van der Waals surface area contributed by atoms with Crippen molar-refractivity contribution in [2.45, 2.75) is 13.8 Å². The van der Waals surface area contributed by atoms with Crippen LogP contribution in [0.2, 0.25) is 5.15 Å². The van der Waals surface area contributed by atoms with E-state index in [-0.39, 0.29) is 17.6 Å². The second-order valence-electron chi connectivity index (χ2n) is 3.24. The van der Waals surface area contributed by atoms with Crippen molar-refractivity contribution in [3.8, 4) is 0 Å². The fourth-order valence-electron chi connectivity index (χ4n) is 1.25. The lowest BCUT2D eigenvalue weighted by atomic mass is 10.5. The maximum atomic E-state index is 11.5. The molecule has 1 amide bonds. The molecular weight excluding hydrogens is 262 g/mol. The summed E-state index contributed by atoms with van der Waals surface area (Å²) < 4.78 is 0. The fourth-order valence-corrected chi connectivity index (χ4v) is 2.38. The number of nitrogens with one attached hydrogen (secondary N) is 1. The van der Waals surface area contributed by atoms with E-state index < -0.39 is 0 Å². The lowest BCUT2D eigenvalue weighted by Gasteiger charge is -2.18. The third-order valence-corrected chi connectivity index (χ3v) is 3.51. The molecule has 1 heterocycles. The van der Waals surface area contributed by atoms with Crippen molar-refractivity contribution in [3.05, 3.63) is 10.0 Å². The molecule has 7 heteroatoms. The van der Waals surface area contributed by atoms with E-state index in [1.807, 2.05) is 13.8 Å². The van der Waals surface area contributed by atoms with Crippen LogP contribution in [0.4, 0.5) is 5.13 Å². The van der Waals surface area contributed by atoms with Crippen molar-refractivity contribution in [2.24, 2.45) is 0 Å². The minimum Gasteiger partial charge on any atom is -0.355 e.